The molecule has 2 saturated heterocycles. The Kier molecular flexibility index (Phi) is 4.36. The van der Waals surface area contributed by atoms with E-state index in [-0.39, 0.29) is 5.91 Å². The van der Waals surface area contributed by atoms with E-state index in [0.717, 1.165) is 37.8 Å². The van der Waals surface area contributed by atoms with E-state index in [4.69, 9.17) is 4.74 Å². The minimum absolute atomic E-state index is 0.0822. The molecule has 3 fully saturated rings. The zero-order valence-corrected chi connectivity index (χ0v) is 13.6. The number of benzene rings is 1. The third kappa shape index (κ3) is 3.43. The summed E-state index contributed by atoms with van der Waals surface area (Å²) in [6.45, 7) is 5.44. The van der Waals surface area contributed by atoms with Crippen LogP contribution in [0.15, 0.2) is 30.3 Å². The van der Waals surface area contributed by atoms with Gasteiger partial charge in [-0.1, -0.05) is 18.2 Å². The van der Waals surface area contributed by atoms with Gasteiger partial charge in [-0.2, -0.15) is 0 Å². The topological polar surface area (TPSA) is 41.6 Å². The second-order valence-corrected chi connectivity index (χ2v) is 7.30. The maximum atomic E-state index is 12.2. The minimum Gasteiger partial charge on any atom is -0.381 e. The van der Waals surface area contributed by atoms with E-state index in [1.54, 1.807) is 0 Å². The van der Waals surface area contributed by atoms with E-state index >= 15 is 0 Å². The Morgan fingerprint density at radius 1 is 1.13 bits per heavy atom. The van der Waals surface area contributed by atoms with Gasteiger partial charge in [-0.25, -0.2) is 0 Å². The zero-order valence-electron chi connectivity index (χ0n) is 13.6. The SMILES string of the molecule is O=C(NC1[C@H]2CN(CCC3CCOCC3)C[C@@H]12)c1ccccc1. The summed E-state index contributed by atoms with van der Waals surface area (Å²) >= 11 is 0. The second-order valence-electron chi connectivity index (χ2n) is 7.30. The molecule has 1 aromatic rings. The smallest absolute Gasteiger partial charge is 0.251 e. The van der Waals surface area contributed by atoms with Gasteiger partial charge in [-0.15, -0.1) is 0 Å². The molecule has 0 aromatic heterocycles. The predicted octanol–water partition coefficient (Wildman–Crippen LogP) is 2.16. The van der Waals surface area contributed by atoms with E-state index < -0.39 is 0 Å². The van der Waals surface area contributed by atoms with Crippen molar-refractivity contribution >= 4 is 5.91 Å². The minimum atomic E-state index is 0.0822. The molecule has 3 aliphatic rings. The van der Waals surface area contributed by atoms with Crippen molar-refractivity contribution in [3.8, 4) is 0 Å². The summed E-state index contributed by atoms with van der Waals surface area (Å²) in [6.07, 6.45) is 3.77. The highest BCUT2D eigenvalue weighted by Gasteiger charge is 2.56. The molecule has 4 nitrogen and oxygen atoms in total. The Hall–Kier alpha value is -1.39. The maximum Gasteiger partial charge on any atom is 0.251 e. The van der Waals surface area contributed by atoms with Gasteiger partial charge in [0.05, 0.1) is 0 Å². The van der Waals surface area contributed by atoms with Crippen molar-refractivity contribution in [3.63, 3.8) is 0 Å². The Bertz CT molecular complexity index is 530. The van der Waals surface area contributed by atoms with E-state index in [0.29, 0.717) is 17.9 Å². The summed E-state index contributed by atoms with van der Waals surface area (Å²) in [5, 5.41) is 3.22. The lowest BCUT2D eigenvalue weighted by atomic mass is 9.96. The molecule has 0 spiro atoms. The molecule has 23 heavy (non-hydrogen) atoms. The van der Waals surface area contributed by atoms with Crippen molar-refractivity contribution < 1.29 is 9.53 Å². The predicted molar refractivity (Wildman–Crippen MR) is 89.3 cm³/mol. The van der Waals surface area contributed by atoms with Crippen molar-refractivity contribution in [1.82, 2.24) is 10.2 Å². The van der Waals surface area contributed by atoms with Crippen LogP contribution in [-0.2, 0) is 4.74 Å². The number of amides is 1. The summed E-state index contributed by atoms with van der Waals surface area (Å²) in [4.78, 5) is 14.8. The highest BCUT2D eigenvalue weighted by molar-refractivity contribution is 5.94. The lowest BCUT2D eigenvalue weighted by Crippen LogP contribution is -2.35. The maximum absolute atomic E-state index is 12.2. The standard InChI is InChI=1S/C19H26N2O2/c22-19(15-4-2-1-3-5-15)20-18-16-12-21(13-17(16)18)9-6-14-7-10-23-11-8-14/h1-5,14,16-18H,6-13H2,(H,20,22)/t16-,17+,18?. The van der Waals surface area contributed by atoms with Crippen LogP contribution in [0.4, 0.5) is 0 Å². The number of carbonyl (C=O) groups is 1. The van der Waals surface area contributed by atoms with Crippen LogP contribution in [0, 0.1) is 17.8 Å². The molecule has 1 aromatic carbocycles. The van der Waals surface area contributed by atoms with Crippen LogP contribution >= 0.6 is 0 Å². The van der Waals surface area contributed by atoms with Gasteiger partial charge in [0.15, 0.2) is 0 Å². The molecule has 124 valence electrons. The molecule has 0 bridgehead atoms. The zero-order chi connectivity index (χ0) is 15.6. The molecule has 2 aliphatic heterocycles. The first kappa shape index (κ1) is 15.2. The van der Waals surface area contributed by atoms with Gasteiger partial charge in [-0.05, 0) is 55.7 Å². The quantitative estimate of drug-likeness (QED) is 0.905. The monoisotopic (exact) mass is 314 g/mol. The molecular formula is C19H26N2O2. The largest absolute Gasteiger partial charge is 0.381 e. The normalized spacial score (nSPS) is 30.9. The molecular weight excluding hydrogens is 288 g/mol. The van der Waals surface area contributed by atoms with E-state index in [1.807, 2.05) is 30.3 Å². The first-order valence-corrected chi connectivity index (χ1v) is 8.97. The second kappa shape index (κ2) is 6.62. The van der Waals surface area contributed by atoms with Crippen molar-refractivity contribution in [2.24, 2.45) is 17.8 Å². The fourth-order valence-corrected chi connectivity index (χ4v) is 4.23. The third-order valence-corrected chi connectivity index (χ3v) is 5.80. The molecule has 1 unspecified atom stereocenters. The van der Waals surface area contributed by atoms with Gasteiger partial charge in [0, 0.05) is 37.9 Å². The molecule has 1 N–H and O–H groups in total. The summed E-state index contributed by atoms with van der Waals surface area (Å²) in [7, 11) is 0. The molecule has 4 rings (SSSR count). The number of nitrogens with one attached hydrogen (secondary N) is 1. The summed E-state index contributed by atoms with van der Waals surface area (Å²) in [6, 6.07) is 9.95. The van der Waals surface area contributed by atoms with E-state index in [1.165, 1.54) is 25.8 Å². The Morgan fingerprint density at radius 2 is 1.83 bits per heavy atom. The van der Waals surface area contributed by atoms with Crippen LogP contribution < -0.4 is 5.32 Å². The summed E-state index contributed by atoms with van der Waals surface area (Å²) < 4.78 is 5.43. The number of piperidine rings is 1. The molecule has 1 amide bonds. The van der Waals surface area contributed by atoms with Gasteiger partial charge < -0.3 is 15.0 Å². The fraction of sp³-hybridized carbons (Fsp3) is 0.632. The summed E-state index contributed by atoms with van der Waals surface area (Å²) in [5.41, 5.74) is 0.772. The average molecular weight is 314 g/mol. The number of rotatable bonds is 5. The fourth-order valence-electron chi connectivity index (χ4n) is 4.23. The number of ether oxygens (including phenoxy) is 1. The highest BCUT2D eigenvalue weighted by Crippen LogP contribution is 2.45. The molecule has 3 atom stereocenters. The van der Waals surface area contributed by atoms with E-state index in [9.17, 15) is 4.79 Å². The molecule has 2 heterocycles. The number of fused-ring (bicyclic) bond motifs is 1. The molecule has 4 heteroatoms. The molecule has 0 radical (unpaired) electrons. The van der Waals surface area contributed by atoms with Crippen LogP contribution in [0.5, 0.6) is 0 Å². The van der Waals surface area contributed by atoms with Crippen LogP contribution in [0.1, 0.15) is 29.6 Å². The molecule has 1 aliphatic carbocycles. The first-order valence-electron chi connectivity index (χ1n) is 8.97. The summed E-state index contributed by atoms with van der Waals surface area (Å²) in [5.74, 6) is 2.29. The number of nitrogens with zero attached hydrogens (tertiary/aromatic N) is 1. The highest BCUT2D eigenvalue weighted by atomic mass is 16.5. The number of carbonyl (C=O) groups excluding carboxylic acids is 1. The lowest BCUT2D eigenvalue weighted by Gasteiger charge is -2.25. The van der Waals surface area contributed by atoms with Gasteiger partial charge in [0.25, 0.3) is 5.91 Å². The number of hydrogen-bond acceptors (Lipinski definition) is 3. The van der Waals surface area contributed by atoms with Crippen LogP contribution in [0.2, 0.25) is 0 Å². The van der Waals surface area contributed by atoms with Crippen molar-refractivity contribution in [3.05, 3.63) is 35.9 Å². The third-order valence-electron chi connectivity index (χ3n) is 5.80. The van der Waals surface area contributed by atoms with Gasteiger partial charge in [0.2, 0.25) is 0 Å². The number of hydrogen-bond donors (Lipinski definition) is 1. The Labute approximate surface area is 138 Å². The number of likely N-dealkylation sites (tertiary alicyclic amines) is 1. The van der Waals surface area contributed by atoms with Gasteiger partial charge in [-0.3, -0.25) is 4.79 Å². The van der Waals surface area contributed by atoms with Crippen LogP contribution in [0.25, 0.3) is 0 Å². The lowest BCUT2D eigenvalue weighted by molar-refractivity contribution is 0.0604. The van der Waals surface area contributed by atoms with Crippen molar-refractivity contribution in [2.45, 2.75) is 25.3 Å². The van der Waals surface area contributed by atoms with Gasteiger partial charge >= 0.3 is 0 Å². The average Bonchev–Trinajstić information content (AvgIpc) is 3.05. The van der Waals surface area contributed by atoms with Crippen molar-refractivity contribution in [2.75, 3.05) is 32.8 Å². The Balaban J connectivity index is 1.19. The van der Waals surface area contributed by atoms with Crippen LogP contribution in [0.3, 0.4) is 0 Å². The van der Waals surface area contributed by atoms with E-state index in [2.05, 4.69) is 10.2 Å². The van der Waals surface area contributed by atoms with Crippen molar-refractivity contribution in [1.29, 1.82) is 0 Å². The molecule has 1 saturated carbocycles. The first-order chi connectivity index (χ1) is 11.3. The van der Waals surface area contributed by atoms with Crippen LogP contribution in [-0.4, -0.2) is 49.7 Å². The van der Waals surface area contributed by atoms with Gasteiger partial charge in [0.1, 0.15) is 0 Å². The Morgan fingerprint density at radius 3 is 2.52 bits per heavy atom.